The standard InChI is InChI=1S/C14H24N2O4/c1-14(20,12(17)18)9-15-13(19)16-8-4-6-10-5-2-3-7-11(10)16/h10-11,20H,2-9H2,1H3,(H,15,19)(H,17,18). The summed E-state index contributed by atoms with van der Waals surface area (Å²) in [4.78, 5) is 24.9. The molecule has 0 aromatic rings. The quantitative estimate of drug-likeness (QED) is 0.726. The van der Waals surface area contributed by atoms with Gasteiger partial charge < -0.3 is 20.4 Å². The molecule has 1 aliphatic heterocycles. The van der Waals surface area contributed by atoms with Gasteiger partial charge in [0, 0.05) is 12.6 Å². The van der Waals surface area contributed by atoms with Crippen molar-refractivity contribution in [3.8, 4) is 0 Å². The Balaban J connectivity index is 1.92. The van der Waals surface area contributed by atoms with Gasteiger partial charge in [0.2, 0.25) is 0 Å². The molecule has 0 bridgehead atoms. The van der Waals surface area contributed by atoms with Crippen LogP contribution in [-0.4, -0.2) is 51.8 Å². The lowest BCUT2D eigenvalue weighted by molar-refractivity contribution is -0.155. The number of carbonyl (C=O) groups is 2. The number of fused-ring (bicyclic) bond motifs is 1. The number of nitrogens with one attached hydrogen (secondary N) is 1. The summed E-state index contributed by atoms with van der Waals surface area (Å²) >= 11 is 0. The molecule has 1 aliphatic carbocycles. The van der Waals surface area contributed by atoms with Gasteiger partial charge in [-0.05, 0) is 38.5 Å². The molecule has 0 aromatic carbocycles. The first-order valence-corrected chi connectivity index (χ1v) is 7.42. The molecular formula is C14H24N2O4. The second-order valence-electron chi connectivity index (χ2n) is 6.19. The molecule has 2 rings (SSSR count). The zero-order valence-corrected chi connectivity index (χ0v) is 12.0. The van der Waals surface area contributed by atoms with Crippen LogP contribution in [-0.2, 0) is 4.79 Å². The lowest BCUT2D eigenvalue weighted by atomic mass is 9.78. The Hall–Kier alpha value is -1.30. The molecule has 0 radical (unpaired) electrons. The van der Waals surface area contributed by atoms with Gasteiger partial charge in [-0.3, -0.25) is 0 Å². The van der Waals surface area contributed by atoms with E-state index >= 15 is 0 Å². The van der Waals surface area contributed by atoms with Crippen LogP contribution in [0.15, 0.2) is 0 Å². The minimum absolute atomic E-state index is 0.247. The predicted octanol–water partition coefficient (Wildman–Crippen LogP) is 1.19. The summed E-state index contributed by atoms with van der Waals surface area (Å²) in [5.41, 5.74) is -1.92. The van der Waals surface area contributed by atoms with Crippen LogP contribution in [0.3, 0.4) is 0 Å². The number of likely N-dealkylation sites (tertiary alicyclic amines) is 1. The van der Waals surface area contributed by atoms with Crippen molar-refractivity contribution in [3.63, 3.8) is 0 Å². The lowest BCUT2D eigenvalue weighted by Gasteiger charge is -2.44. The topological polar surface area (TPSA) is 89.9 Å². The molecule has 1 saturated heterocycles. The van der Waals surface area contributed by atoms with Crippen LogP contribution in [0.25, 0.3) is 0 Å². The van der Waals surface area contributed by atoms with E-state index in [9.17, 15) is 14.7 Å². The van der Waals surface area contributed by atoms with Gasteiger partial charge in [-0.1, -0.05) is 12.8 Å². The number of aliphatic hydroxyl groups is 1. The third kappa shape index (κ3) is 3.23. The van der Waals surface area contributed by atoms with E-state index < -0.39 is 11.6 Å². The smallest absolute Gasteiger partial charge is 0.337 e. The summed E-state index contributed by atoms with van der Waals surface area (Å²) < 4.78 is 0. The largest absolute Gasteiger partial charge is 0.479 e. The normalized spacial score (nSPS) is 29.2. The summed E-state index contributed by atoms with van der Waals surface area (Å²) in [6, 6.07) is 0.0374. The Labute approximate surface area is 119 Å². The molecule has 3 atom stereocenters. The molecule has 2 fully saturated rings. The Morgan fingerprint density at radius 3 is 2.60 bits per heavy atom. The molecule has 1 saturated carbocycles. The van der Waals surface area contributed by atoms with Crippen molar-refractivity contribution < 1.29 is 19.8 Å². The van der Waals surface area contributed by atoms with E-state index in [0.717, 1.165) is 25.8 Å². The monoisotopic (exact) mass is 284 g/mol. The second kappa shape index (κ2) is 5.99. The summed E-state index contributed by atoms with van der Waals surface area (Å²) in [5, 5.41) is 21.0. The number of nitrogens with zero attached hydrogens (tertiary/aromatic N) is 1. The van der Waals surface area contributed by atoms with Gasteiger partial charge in [-0.15, -0.1) is 0 Å². The molecular weight excluding hydrogens is 260 g/mol. The third-order valence-corrected chi connectivity index (χ3v) is 4.55. The molecule has 20 heavy (non-hydrogen) atoms. The van der Waals surface area contributed by atoms with Crippen molar-refractivity contribution in [2.75, 3.05) is 13.1 Å². The molecule has 6 nitrogen and oxygen atoms in total. The Bertz CT molecular complexity index is 381. The highest BCUT2D eigenvalue weighted by atomic mass is 16.4. The van der Waals surface area contributed by atoms with E-state index in [0.29, 0.717) is 5.92 Å². The lowest BCUT2D eigenvalue weighted by Crippen LogP contribution is -2.56. The molecule has 114 valence electrons. The van der Waals surface area contributed by atoms with Crippen LogP contribution in [0.1, 0.15) is 45.4 Å². The number of urea groups is 1. The van der Waals surface area contributed by atoms with Gasteiger partial charge in [0.1, 0.15) is 0 Å². The molecule has 0 spiro atoms. The van der Waals surface area contributed by atoms with Gasteiger partial charge in [-0.25, -0.2) is 9.59 Å². The van der Waals surface area contributed by atoms with Gasteiger partial charge >= 0.3 is 12.0 Å². The fourth-order valence-electron chi connectivity index (χ4n) is 3.30. The van der Waals surface area contributed by atoms with Crippen molar-refractivity contribution >= 4 is 12.0 Å². The van der Waals surface area contributed by atoms with Crippen LogP contribution in [0, 0.1) is 5.92 Å². The first-order chi connectivity index (χ1) is 9.42. The highest BCUT2D eigenvalue weighted by Gasteiger charge is 2.37. The van der Waals surface area contributed by atoms with Gasteiger partial charge in [0.15, 0.2) is 5.60 Å². The van der Waals surface area contributed by atoms with E-state index in [4.69, 9.17) is 5.11 Å². The SMILES string of the molecule is CC(O)(CNC(=O)N1CCCC2CCCCC21)C(=O)O. The van der Waals surface area contributed by atoms with E-state index in [1.165, 1.54) is 26.2 Å². The van der Waals surface area contributed by atoms with Crippen molar-refractivity contribution in [3.05, 3.63) is 0 Å². The number of rotatable bonds is 3. The van der Waals surface area contributed by atoms with Crippen molar-refractivity contribution in [2.45, 2.75) is 57.1 Å². The van der Waals surface area contributed by atoms with Gasteiger partial charge in [0.05, 0.1) is 6.54 Å². The number of hydrogen-bond donors (Lipinski definition) is 3. The van der Waals surface area contributed by atoms with Crippen LogP contribution in [0.4, 0.5) is 4.79 Å². The number of carbonyl (C=O) groups excluding carboxylic acids is 1. The van der Waals surface area contributed by atoms with Gasteiger partial charge in [-0.2, -0.15) is 0 Å². The molecule has 3 N–H and O–H groups in total. The van der Waals surface area contributed by atoms with Crippen molar-refractivity contribution in [2.24, 2.45) is 5.92 Å². The summed E-state index contributed by atoms with van der Waals surface area (Å²) in [6.45, 7) is 1.65. The maximum Gasteiger partial charge on any atom is 0.337 e. The number of amides is 2. The maximum atomic E-state index is 12.2. The fourth-order valence-corrected chi connectivity index (χ4v) is 3.30. The molecule has 1 heterocycles. The van der Waals surface area contributed by atoms with E-state index in [1.807, 2.05) is 4.90 Å². The Morgan fingerprint density at radius 2 is 1.90 bits per heavy atom. The number of carboxylic acids is 1. The minimum Gasteiger partial charge on any atom is -0.479 e. The van der Waals surface area contributed by atoms with Crippen molar-refractivity contribution in [1.82, 2.24) is 10.2 Å². The van der Waals surface area contributed by atoms with Gasteiger partial charge in [0.25, 0.3) is 0 Å². The highest BCUT2D eigenvalue weighted by molar-refractivity contribution is 5.79. The summed E-state index contributed by atoms with van der Waals surface area (Å²) in [6.07, 6.45) is 6.79. The predicted molar refractivity (Wildman–Crippen MR) is 73.3 cm³/mol. The maximum absolute atomic E-state index is 12.2. The number of carboxylic acid groups (broad SMARTS) is 1. The molecule has 2 amide bonds. The average Bonchev–Trinajstić information content (AvgIpc) is 2.44. The van der Waals surface area contributed by atoms with Crippen LogP contribution in [0.2, 0.25) is 0 Å². The Morgan fingerprint density at radius 1 is 1.25 bits per heavy atom. The number of piperidine rings is 1. The first kappa shape index (κ1) is 15.1. The molecule has 6 heteroatoms. The third-order valence-electron chi connectivity index (χ3n) is 4.55. The zero-order chi connectivity index (χ0) is 14.8. The minimum atomic E-state index is -1.92. The van der Waals surface area contributed by atoms with E-state index in [1.54, 1.807) is 0 Å². The van der Waals surface area contributed by atoms with E-state index in [2.05, 4.69) is 5.32 Å². The highest BCUT2D eigenvalue weighted by Crippen LogP contribution is 2.35. The number of aliphatic carboxylic acids is 1. The Kier molecular flexibility index (Phi) is 4.52. The van der Waals surface area contributed by atoms with Crippen molar-refractivity contribution in [1.29, 1.82) is 0 Å². The zero-order valence-electron chi connectivity index (χ0n) is 12.0. The van der Waals surface area contributed by atoms with E-state index in [-0.39, 0.29) is 18.6 Å². The van der Waals surface area contributed by atoms with Crippen LogP contribution >= 0.6 is 0 Å². The number of hydrogen-bond acceptors (Lipinski definition) is 3. The summed E-state index contributed by atoms with van der Waals surface area (Å²) in [5.74, 6) is -0.741. The molecule has 3 unspecified atom stereocenters. The van der Waals surface area contributed by atoms with Crippen LogP contribution in [0.5, 0.6) is 0 Å². The van der Waals surface area contributed by atoms with Crippen LogP contribution < -0.4 is 5.32 Å². The fraction of sp³-hybridized carbons (Fsp3) is 0.857. The summed E-state index contributed by atoms with van der Waals surface area (Å²) in [7, 11) is 0. The average molecular weight is 284 g/mol. The second-order valence-corrected chi connectivity index (χ2v) is 6.19. The molecule has 2 aliphatic rings. The molecule has 0 aromatic heterocycles. The first-order valence-electron chi connectivity index (χ1n) is 7.42.